The van der Waals surface area contributed by atoms with Gasteiger partial charge in [-0.1, -0.05) is 39.0 Å². The summed E-state index contributed by atoms with van der Waals surface area (Å²) >= 11 is 1.25. The van der Waals surface area contributed by atoms with E-state index in [1.807, 2.05) is 52.0 Å². The average molecular weight is 576 g/mol. The first-order valence-electron chi connectivity index (χ1n) is 13.3. The molecule has 41 heavy (non-hydrogen) atoms. The Balaban J connectivity index is 1.67. The Morgan fingerprint density at radius 2 is 1.85 bits per heavy atom. The molecule has 0 radical (unpaired) electrons. The summed E-state index contributed by atoms with van der Waals surface area (Å²) in [6, 6.07) is 14.8. The van der Waals surface area contributed by atoms with Gasteiger partial charge in [-0.05, 0) is 48.4 Å². The van der Waals surface area contributed by atoms with Gasteiger partial charge in [0.1, 0.15) is 24.0 Å². The minimum Gasteiger partial charge on any atom is -0.350 e. The van der Waals surface area contributed by atoms with Gasteiger partial charge >= 0.3 is 0 Å². The number of halogens is 2. The fourth-order valence-corrected chi connectivity index (χ4v) is 6.09. The van der Waals surface area contributed by atoms with E-state index in [2.05, 4.69) is 10.3 Å². The highest BCUT2D eigenvalue weighted by molar-refractivity contribution is 8.00. The minimum absolute atomic E-state index is 0.00873. The number of rotatable bonds is 6. The number of carbonyl (C=O) groups is 2. The normalized spacial score (nSPS) is 15.4. The molecule has 2 aromatic heterocycles. The van der Waals surface area contributed by atoms with E-state index in [1.54, 1.807) is 29.2 Å². The number of carbonyl (C=O) groups excluding carboxylic acids is 2. The van der Waals surface area contributed by atoms with Crippen LogP contribution in [0, 0.1) is 18.6 Å². The molecule has 2 aromatic carbocycles. The molecule has 0 saturated carbocycles. The van der Waals surface area contributed by atoms with Gasteiger partial charge in [0.05, 0.1) is 22.4 Å². The first kappa shape index (κ1) is 28.5. The molecule has 1 atom stereocenters. The van der Waals surface area contributed by atoms with Crippen molar-refractivity contribution in [3.8, 4) is 5.69 Å². The lowest BCUT2D eigenvalue weighted by molar-refractivity contribution is -0.123. The molecule has 0 fully saturated rings. The van der Waals surface area contributed by atoms with Crippen molar-refractivity contribution in [3.63, 3.8) is 0 Å². The van der Waals surface area contributed by atoms with Crippen LogP contribution in [-0.4, -0.2) is 38.9 Å². The smallest absolute Gasteiger partial charge is 0.240 e. The van der Waals surface area contributed by atoms with Crippen LogP contribution in [0.4, 0.5) is 14.6 Å². The highest BCUT2D eigenvalue weighted by Crippen LogP contribution is 2.49. The van der Waals surface area contributed by atoms with Gasteiger partial charge in [0.15, 0.2) is 0 Å². The maximum atomic E-state index is 15.3. The fraction of sp³-hybridized carbons (Fsp3) is 0.290. The number of thioether (sulfide) groups is 1. The predicted molar refractivity (Wildman–Crippen MR) is 156 cm³/mol. The number of pyridine rings is 1. The van der Waals surface area contributed by atoms with Crippen molar-refractivity contribution in [3.05, 3.63) is 107 Å². The third-order valence-electron chi connectivity index (χ3n) is 6.83. The molecule has 3 heterocycles. The van der Waals surface area contributed by atoms with E-state index in [4.69, 9.17) is 5.10 Å². The Kier molecular flexibility index (Phi) is 7.95. The number of hydrogen-bond acceptors (Lipinski definition) is 5. The molecule has 1 N–H and O–H groups in total. The van der Waals surface area contributed by atoms with E-state index >= 15 is 4.39 Å². The minimum atomic E-state index is -0.701. The number of aryl methyl sites for hydroxylation is 1. The Labute approximate surface area is 242 Å². The van der Waals surface area contributed by atoms with Crippen LogP contribution >= 0.6 is 11.8 Å². The van der Waals surface area contributed by atoms with Crippen LogP contribution < -0.4 is 10.2 Å². The highest BCUT2D eigenvalue weighted by atomic mass is 32.2. The zero-order valence-electron chi connectivity index (χ0n) is 23.3. The van der Waals surface area contributed by atoms with Gasteiger partial charge in [0.2, 0.25) is 11.8 Å². The summed E-state index contributed by atoms with van der Waals surface area (Å²) in [6.07, 6.45) is 3.29. The lowest BCUT2D eigenvalue weighted by Gasteiger charge is -2.24. The molecule has 5 rings (SSSR count). The number of fused-ring (bicyclic) bond motifs is 1. The number of hydrogen-bond donors (Lipinski definition) is 1. The molecular weight excluding hydrogens is 544 g/mol. The van der Waals surface area contributed by atoms with Crippen molar-refractivity contribution in [2.24, 2.45) is 0 Å². The number of nitrogens with one attached hydrogen (secondary N) is 1. The van der Waals surface area contributed by atoms with E-state index in [0.717, 1.165) is 17.2 Å². The monoisotopic (exact) mass is 575 g/mol. The number of benzene rings is 2. The van der Waals surface area contributed by atoms with Crippen molar-refractivity contribution < 1.29 is 18.4 Å². The molecule has 7 nitrogen and oxygen atoms in total. The second kappa shape index (κ2) is 11.4. The molecule has 1 aliphatic heterocycles. The average Bonchev–Trinajstić information content (AvgIpc) is 3.27. The second-order valence-corrected chi connectivity index (χ2v) is 12.1. The van der Waals surface area contributed by atoms with Gasteiger partial charge < -0.3 is 5.32 Å². The standard InChI is InChI=1S/C31H31F2N5O2S/c1-19-6-5-7-22(14-19)38-30-27(29(36-38)31(2,3)4)28(23-9-8-21(32)15-24(23)33)41-18-26(40)37(30)17-25(39)35-16-20-10-12-34-13-11-20/h5-15,28H,16-18H2,1-4H3,(H,35,39)/t28-/m1/s1. The molecule has 0 bridgehead atoms. The molecule has 0 unspecified atom stereocenters. The Morgan fingerprint density at radius 3 is 2.54 bits per heavy atom. The maximum Gasteiger partial charge on any atom is 0.240 e. The van der Waals surface area contributed by atoms with E-state index in [1.165, 1.54) is 28.8 Å². The third kappa shape index (κ3) is 6.02. The summed E-state index contributed by atoms with van der Waals surface area (Å²) in [6.45, 7) is 7.97. The summed E-state index contributed by atoms with van der Waals surface area (Å²) in [7, 11) is 0. The summed E-state index contributed by atoms with van der Waals surface area (Å²) in [5, 5.41) is 7.22. The molecule has 2 amide bonds. The van der Waals surface area contributed by atoms with Crippen LogP contribution in [0.5, 0.6) is 0 Å². The summed E-state index contributed by atoms with van der Waals surface area (Å²) in [5.74, 6) is -1.65. The van der Waals surface area contributed by atoms with Gasteiger partial charge in [-0.2, -0.15) is 5.10 Å². The topological polar surface area (TPSA) is 80.1 Å². The van der Waals surface area contributed by atoms with E-state index in [9.17, 15) is 14.0 Å². The number of aromatic nitrogens is 3. The predicted octanol–water partition coefficient (Wildman–Crippen LogP) is 5.64. The summed E-state index contributed by atoms with van der Waals surface area (Å²) in [4.78, 5) is 32.4. The van der Waals surface area contributed by atoms with Gasteiger partial charge in [-0.25, -0.2) is 13.5 Å². The van der Waals surface area contributed by atoms with Gasteiger partial charge in [-0.3, -0.25) is 19.5 Å². The third-order valence-corrected chi connectivity index (χ3v) is 8.07. The Morgan fingerprint density at radius 1 is 1.10 bits per heavy atom. The van der Waals surface area contributed by atoms with E-state index in [0.29, 0.717) is 22.8 Å². The number of amides is 2. The molecule has 4 aromatic rings. The number of anilines is 1. The van der Waals surface area contributed by atoms with Crippen molar-refractivity contribution in [2.45, 2.75) is 44.9 Å². The van der Waals surface area contributed by atoms with Gasteiger partial charge in [0, 0.05) is 41.5 Å². The first-order valence-corrected chi connectivity index (χ1v) is 14.3. The lowest BCUT2D eigenvalue weighted by Crippen LogP contribution is -2.42. The van der Waals surface area contributed by atoms with Crippen molar-refractivity contribution in [1.82, 2.24) is 20.1 Å². The van der Waals surface area contributed by atoms with Crippen molar-refractivity contribution in [2.75, 3.05) is 17.2 Å². The molecular formula is C31H31F2N5O2S. The van der Waals surface area contributed by atoms with Gasteiger partial charge in [0.25, 0.3) is 0 Å². The Bertz CT molecular complexity index is 1600. The molecule has 1 aliphatic rings. The van der Waals surface area contributed by atoms with Crippen LogP contribution in [0.15, 0.2) is 67.0 Å². The highest BCUT2D eigenvalue weighted by Gasteiger charge is 2.40. The zero-order chi connectivity index (χ0) is 29.3. The summed E-state index contributed by atoms with van der Waals surface area (Å²) < 4.78 is 30.9. The molecule has 0 spiro atoms. The van der Waals surface area contributed by atoms with Crippen molar-refractivity contribution >= 4 is 29.4 Å². The SMILES string of the molecule is Cc1cccc(-n2nc(C(C)(C)C)c3c2N(CC(=O)NCc2ccncc2)C(=O)CS[C@@H]3c2ccc(F)cc2F)c1. The van der Waals surface area contributed by atoms with Crippen molar-refractivity contribution in [1.29, 1.82) is 0 Å². The van der Waals surface area contributed by atoms with E-state index in [-0.39, 0.29) is 36.2 Å². The fourth-order valence-electron chi connectivity index (χ4n) is 4.87. The molecule has 0 saturated heterocycles. The zero-order valence-corrected chi connectivity index (χ0v) is 24.1. The van der Waals surface area contributed by atoms with Crippen LogP contribution in [0.2, 0.25) is 0 Å². The van der Waals surface area contributed by atoms with E-state index < -0.39 is 22.3 Å². The number of nitrogens with zero attached hydrogens (tertiary/aromatic N) is 4. The van der Waals surface area contributed by atoms with Crippen LogP contribution in [0.3, 0.4) is 0 Å². The largest absolute Gasteiger partial charge is 0.350 e. The molecule has 212 valence electrons. The quantitative estimate of drug-likeness (QED) is 0.322. The van der Waals surface area contributed by atoms with Crippen LogP contribution in [-0.2, 0) is 21.5 Å². The molecule has 0 aliphatic carbocycles. The Hall–Kier alpha value is -4.05. The van der Waals surface area contributed by atoms with Gasteiger partial charge in [-0.15, -0.1) is 11.8 Å². The second-order valence-electron chi connectivity index (χ2n) is 11.1. The lowest BCUT2D eigenvalue weighted by atomic mass is 9.87. The maximum absolute atomic E-state index is 15.3. The molecule has 10 heteroatoms. The van der Waals surface area contributed by atoms with Crippen LogP contribution in [0.25, 0.3) is 5.69 Å². The first-order chi connectivity index (χ1) is 19.5. The van der Waals surface area contributed by atoms with Crippen LogP contribution in [0.1, 0.15) is 54.0 Å². The summed E-state index contributed by atoms with van der Waals surface area (Å²) in [5.41, 5.74) is 3.60.